The fourth-order valence-electron chi connectivity index (χ4n) is 9.06. The van der Waals surface area contributed by atoms with E-state index in [-0.39, 0.29) is 67.5 Å². The summed E-state index contributed by atoms with van der Waals surface area (Å²) < 4.78 is 31.0. The number of ether oxygens (including phenoxy) is 5. The Balaban J connectivity index is 1.45. The smallest absolute Gasteiger partial charge is 0.339 e. The number of fused-ring (bicyclic) bond motifs is 3. The van der Waals surface area contributed by atoms with E-state index in [2.05, 4.69) is 22.2 Å². The van der Waals surface area contributed by atoms with Crippen molar-refractivity contribution in [2.45, 2.75) is 98.5 Å². The maximum atomic E-state index is 14.8. The molecule has 1 aliphatic carbocycles. The van der Waals surface area contributed by atoms with Crippen molar-refractivity contribution in [2.75, 3.05) is 51.0 Å². The van der Waals surface area contributed by atoms with Gasteiger partial charge in [0, 0.05) is 61.4 Å². The van der Waals surface area contributed by atoms with E-state index in [9.17, 15) is 50.4 Å². The summed E-state index contributed by atoms with van der Waals surface area (Å²) in [5, 5.41) is 87.5. The van der Waals surface area contributed by atoms with Gasteiger partial charge in [0.15, 0.2) is 18.4 Å². The summed E-state index contributed by atoms with van der Waals surface area (Å²) in [5.74, 6) is 0.239. The summed E-state index contributed by atoms with van der Waals surface area (Å²) in [4.78, 5) is 34.1. The first kappa shape index (κ1) is 50.9. The molecule has 11 N–H and O–H groups in total. The molecule has 6 bridgehead atoms. The van der Waals surface area contributed by atoms with Crippen LogP contribution >= 0.6 is 43.2 Å². The zero-order valence-electron chi connectivity index (χ0n) is 36.3. The molecule has 0 spiro atoms. The van der Waals surface area contributed by atoms with Gasteiger partial charge in [-0.25, -0.2) is 9.59 Å². The molecule has 23 heteroatoms. The van der Waals surface area contributed by atoms with Gasteiger partial charge in [-0.05, 0) is 50.7 Å². The second-order valence-electron chi connectivity index (χ2n) is 17.0. The Labute approximate surface area is 398 Å². The minimum Gasteiger partial charge on any atom is -0.478 e. The number of nitrogens with two attached hydrogens (primary N) is 1. The van der Waals surface area contributed by atoms with Gasteiger partial charge in [-0.15, -0.1) is 0 Å². The van der Waals surface area contributed by atoms with Gasteiger partial charge in [0.25, 0.3) is 0 Å². The fourth-order valence-corrected chi connectivity index (χ4v) is 15.4. The minimum atomic E-state index is -2.97. The molecule has 66 heavy (non-hydrogen) atoms. The van der Waals surface area contributed by atoms with E-state index >= 15 is 0 Å². The second kappa shape index (κ2) is 22.7. The van der Waals surface area contributed by atoms with Gasteiger partial charge < -0.3 is 80.5 Å². The number of hydrogen-bond acceptors (Lipinski definition) is 20. The average Bonchev–Trinajstić information content (AvgIpc) is 3.65. The number of aliphatic hydroxyl groups is 7. The highest BCUT2D eigenvalue weighted by molar-refractivity contribution is 8.78. The monoisotopic (exact) mass is 998 g/mol. The van der Waals surface area contributed by atoms with Crippen LogP contribution in [0.15, 0.2) is 63.7 Å². The van der Waals surface area contributed by atoms with E-state index in [1.807, 2.05) is 6.08 Å². The molecule has 13 atom stereocenters. The zero-order valence-corrected chi connectivity index (χ0v) is 39.6. The number of esters is 1. The number of aliphatic hydroxyl groups excluding tert-OH is 5. The lowest BCUT2D eigenvalue weighted by Crippen LogP contribution is -2.69. The number of aliphatic carboxylic acids is 1. The Bertz CT molecular complexity index is 2040. The summed E-state index contributed by atoms with van der Waals surface area (Å²) >= 11 is 0. The van der Waals surface area contributed by atoms with Crippen molar-refractivity contribution in [3.63, 3.8) is 0 Å². The minimum absolute atomic E-state index is 0.0389. The Kier molecular flexibility index (Phi) is 17.5. The third-order valence-electron chi connectivity index (χ3n) is 12.4. The number of guanidine groups is 1. The Morgan fingerprint density at radius 3 is 2.64 bits per heavy atom. The van der Waals surface area contributed by atoms with E-state index in [0.29, 0.717) is 41.9 Å². The van der Waals surface area contributed by atoms with Crippen molar-refractivity contribution in [1.29, 1.82) is 0 Å². The molecule has 0 amide bonds. The molecule has 0 aromatic heterocycles. The highest BCUT2D eigenvalue weighted by atomic mass is 33.1. The molecule has 6 aliphatic heterocycles. The van der Waals surface area contributed by atoms with Crippen molar-refractivity contribution in [3.8, 4) is 11.8 Å². The SMILES string of the molecule is CC(C)OC1C(OC2OC=C3C(=O)OC4CCC(CO)C4CSSC4C5C#CC(=CC6=C(NC(N)=NCCCO)C(C(=O)O)=CN(C6)C4CO)C3C2C=CCSS5)OC(CO)C(O)C1(O)O. The van der Waals surface area contributed by atoms with Gasteiger partial charge in [-0.1, -0.05) is 67.2 Å². The molecule has 364 valence electrons. The molecule has 13 unspecified atom stereocenters. The van der Waals surface area contributed by atoms with Crippen molar-refractivity contribution >= 4 is 61.1 Å². The first-order chi connectivity index (χ1) is 31.7. The molecule has 0 aromatic carbocycles. The number of hydrogen-bond donors (Lipinski definition) is 10. The fraction of sp³-hybridized carbons (Fsp3) is 0.651. The molecule has 1 saturated carbocycles. The molecule has 0 aromatic rings. The number of nitrogens with one attached hydrogen (secondary N) is 1. The van der Waals surface area contributed by atoms with Crippen molar-refractivity contribution in [3.05, 3.63) is 58.7 Å². The van der Waals surface area contributed by atoms with Crippen LogP contribution in [0.4, 0.5) is 0 Å². The Morgan fingerprint density at radius 1 is 1.12 bits per heavy atom. The van der Waals surface area contributed by atoms with E-state index < -0.39 is 95.8 Å². The van der Waals surface area contributed by atoms with Crippen LogP contribution in [0.2, 0.25) is 0 Å². The molecule has 0 radical (unpaired) electrons. The van der Waals surface area contributed by atoms with Gasteiger partial charge in [-0.3, -0.25) is 4.99 Å². The Hall–Kier alpha value is -2.93. The van der Waals surface area contributed by atoms with Crippen LogP contribution in [0.25, 0.3) is 0 Å². The van der Waals surface area contributed by atoms with Crippen LogP contribution in [0.5, 0.6) is 0 Å². The first-order valence-electron chi connectivity index (χ1n) is 21.8. The number of carbonyl (C=O) groups is 2. The van der Waals surface area contributed by atoms with Gasteiger partial charge >= 0.3 is 11.9 Å². The third kappa shape index (κ3) is 11.1. The predicted octanol–water partition coefficient (Wildman–Crippen LogP) is 0.171. The molecule has 19 nitrogen and oxygen atoms in total. The third-order valence-corrected chi connectivity index (χ3v) is 18.0. The molecule has 7 rings (SSSR count). The number of aliphatic imine (C=N–C) groups is 1. The van der Waals surface area contributed by atoms with Crippen LogP contribution in [0, 0.1) is 35.5 Å². The van der Waals surface area contributed by atoms with Crippen molar-refractivity contribution in [2.24, 2.45) is 34.4 Å². The van der Waals surface area contributed by atoms with Crippen LogP contribution < -0.4 is 11.1 Å². The van der Waals surface area contributed by atoms with E-state index in [1.54, 1.807) is 30.9 Å². The van der Waals surface area contributed by atoms with Crippen molar-refractivity contribution in [1.82, 2.24) is 10.2 Å². The number of carbonyl (C=O) groups excluding carboxylic acids is 1. The molecular weight excluding hydrogens is 941 g/mol. The van der Waals surface area contributed by atoms with Gasteiger partial charge in [0.1, 0.15) is 18.3 Å². The van der Waals surface area contributed by atoms with Crippen LogP contribution in [-0.4, -0.2) is 180 Å². The van der Waals surface area contributed by atoms with Gasteiger partial charge in [0.05, 0.1) is 64.9 Å². The van der Waals surface area contributed by atoms with Gasteiger partial charge in [0.2, 0.25) is 12.1 Å². The molecular formula is C43H58N4O15S4. The van der Waals surface area contributed by atoms with Crippen molar-refractivity contribution < 1.29 is 74.1 Å². The van der Waals surface area contributed by atoms with Crippen LogP contribution in [0.1, 0.15) is 33.1 Å². The predicted molar refractivity (Wildman–Crippen MR) is 247 cm³/mol. The maximum absolute atomic E-state index is 14.8. The largest absolute Gasteiger partial charge is 0.478 e. The highest BCUT2D eigenvalue weighted by Crippen LogP contribution is 2.48. The number of carboxylic acids is 1. The van der Waals surface area contributed by atoms with Crippen LogP contribution in [-0.2, 0) is 33.3 Å². The lowest BCUT2D eigenvalue weighted by atomic mass is 9.77. The summed E-state index contributed by atoms with van der Waals surface area (Å²) in [6.07, 6.45) is -0.0653. The summed E-state index contributed by atoms with van der Waals surface area (Å²) in [6.45, 7) is 2.04. The number of nitrogens with zero attached hydrogens (tertiary/aromatic N) is 2. The molecule has 6 heterocycles. The number of carboxylic acid groups (broad SMARTS) is 1. The van der Waals surface area contributed by atoms with E-state index in [0.717, 1.165) is 0 Å². The highest BCUT2D eigenvalue weighted by Gasteiger charge is 2.58. The first-order valence-corrected chi connectivity index (χ1v) is 26.5. The number of allylic oxidation sites excluding steroid dienone is 1. The topological polar surface area (TPSA) is 296 Å². The maximum Gasteiger partial charge on any atom is 0.339 e. The summed E-state index contributed by atoms with van der Waals surface area (Å²) in [6, 6.07) is -0.655. The molecule has 1 saturated heterocycles. The average molecular weight is 999 g/mol. The van der Waals surface area contributed by atoms with Gasteiger partial charge in [-0.2, -0.15) is 0 Å². The normalized spacial score (nSPS) is 35.7. The lowest BCUT2D eigenvalue weighted by Gasteiger charge is -2.48. The summed E-state index contributed by atoms with van der Waals surface area (Å²) in [5.41, 5.74) is 6.93. The van der Waals surface area contributed by atoms with E-state index in [4.69, 9.17) is 29.4 Å². The molecule has 2 fully saturated rings. The lowest BCUT2D eigenvalue weighted by molar-refractivity contribution is -0.413. The van der Waals surface area contributed by atoms with E-state index in [1.165, 1.54) is 55.6 Å². The Morgan fingerprint density at radius 2 is 1.92 bits per heavy atom. The molecule has 7 aliphatic rings. The standard InChI is InChI=1S/C43H58N4O15S4/c1-21(2)59-37-41(61-31(18-51)36(52)43(37,56)57)62-40-25-5-3-12-63-65-32-9-7-22-13-24-14-47(15-26(38(53)54)34(24)46-42(44)45-10-4-11-48)29(17-50)35(32)66-64-20-28-23(16-49)6-8-30(28)60-39(55)27(19-58-40)33(22)25/h3,5,13,15,19,21,23,25,28-33,35-37,40-41,48-52,56-57H,4,6,8,10-12,14,16-18,20H2,1-2H3,(H,53,54)(H3,44,45,46). The zero-order chi connectivity index (χ0) is 47.3. The number of rotatable bonds is 12. The quantitative estimate of drug-likeness (QED) is 0.0182. The van der Waals surface area contributed by atoms with Crippen LogP contribution in [0.3, 0.4) is 0 Å². The second-order valence-corrected chi connectivity index (χ2v) is 22.2. The summed E-state index contributed by atoms with van der Waals surface area (Å²) in [7, 11) is 6.03.